The van der Waals surface area contributed by atoms with Crippen LogP contribution in [0.3, 0.4) is 0 Å². The van der Waals surface area contributed by atoms with Crippen molar-refractivity contribution in [1.82, 2.24) is 15.4 Å². The van der Waals surface area contributed by atoms with E-state index < -0.39 is 9.84 Å². The van der Waals surface area contributed by atoms with Gasteiger partial charge >= 0.3 is 0 Å². The van der Waals surface area contributed by atoms with Crippen LogP contribution in [0.1, 0.15) is 37.4 Å². The molecule has 0 aliphatic carbocycles. The van der Waals surface area contributed by atoms with Crippen LogP contribution in [-0.2, 0) is 16.3 Å². The lowest BCUT2D eigenvalue weighted by Crippen LogP contribution is -2.06. The van der Waals surface area contributed by atoms with E-state index in [1.165, 1.54) is 0 Å². The number of nitrogens with one attached hydrogen (secondary N) is 1. The number of nitrogens with zero attached hydrogens (tertiary/aromatic N) is 2. The number of hydrogen-bond donors (Lipinski definition) is 1. The fraction of sp³-hybridized carbons (Fsp3) is 0.429. The smallest absolute Gasteiger partial charge is 0.178 e. The van der Waals surface area contributed by atoms with Gasteiger partial charge in [-0.05, 0) is 36.5 Å². The monoisotopic (exact) mass is 293 g/mol. The van der Waals surface area contributed by atoms with E-state index in [-0.39, 0.29) is 5.75 Å². The summed E-state index contributed by atoms with van der Waals surface area (Å²) in [5, 5.41) is 10.5. The number of aromatic amines is 1. The van der Waals surface area contributed by atoms with E-state index in [1.54, 1.807) is 25.3 Å². The predicted octanol–water partition coefficient (Wildman–Crippen LogP) is 2.33. The van der Waals surface area contributed by atoms with Crippen molar-refractivity contribution in [1.29, 1.82) is 0 Å². The molecule has 0 saturated carbocycles. The molecule has 1 N–H and O–H groups in total. The number of H-pyrrole nitrogens is 1. The summed E-state index contributed by atoms with van der Waals surface area (Å²) in [6, 6.07) is 7.19. The summed E-state index contributed by atoms with van der Waals surface area (Å²) >= 11 is 0. The van der Waals surface area contributed by atoms with Crippen LogP contribution in [-0.4, -0.2) is 29.6 Å². The summed E-state index contributed by atoms with van der Waals surface area (Å²) in [6.07, 6.45) is 3.48. The number of sulfone groups is 1. The van der Waals surface area contributed by atoms with Crippen LogP contribution >= 0.6 is 0 Å². The predicted molar refractivity (Wildman–Crippen MR) is 77.3 cm³/mol. The SMILES string of the molecule is CCC(Cc1cn[nH]n1)c1ccc(S(=O)(=O)CC)cc1. The minimum Gasteiger partial charge on any atom is -0.224 e. The summed E-state index contributed by atoms with van der Waals surface area (Å²) in [6.45, 7) is 3.77. The van der Waals surface area contributed by atoms with E-state index in [0.29, 0.717) is 10.8 Å². The minimum absolute atomic E-state index is 0.127. The van der Waals surface area contributed by atoms with Crippen molar-refractivity contribution in [2.75, 3.05) is 5.75 Å². The largest absolute Gasteiger partial charge is 0.224 e. The van der Waals surface area contributed by atoms with Gasteiger partial charge in [-0.15, -0.1) is 0 Å². The highest BCUT2D eigenvalue weighted by molar-refractivity contribution is 7.91. The van der Waals surface area contributed by atoms with Gasteiger partial charge in [-0.2, -0.15) is 15.4 Å². The second-order valence-corrected chi connectivity index (χ2v) is 7.02. The average Bonchev–Trinajstić information content (AvgIpc) is 2.98. The molecule has 2 rings (SSSR count). The Labute approximate surface area is 119 Å². The Morgan fingerprint density at radius 3 is 2.40 bits per heavy atom. The highest BCUT2D eigenvalue weighted by Gasteiger charge is 2.15. The van der Waals surface area contributed by atoms with Crippen molar-refractivity contribution in [2.24, 2.45) is 0 Å². The third-order valence-corrected chi connectivity index (χ3v) is 5.25. The van der Waals surface area contributed by atoms with Crippen LogP contribution in [0.2, 0.25) is 0 Å². The van der Waals surface area contributed by atoms with Crippen molar-refractivity contribution >= 4 is 9.84 Å². The normalized spacial score (nSPS) is 13.3. The van der Waals surface area contributed by atoms with E-state index in [0.717, 1.165) is 24.1 Å². The molecule has 0 fully saturated rings. The first kappa shape index (κ1) is 14.7. The summed E-state index contributed by atoms with van der Waals surface area (Å²) in [7, 11) is -3.12. The third-order valence-electron chi connectivity index (χ3n) is 3.50. The zero-order chi connectivity index (χ0) is 14.6. The fourth-order valence-electron chi connectivity index (χ4n) is 2.19. The maximum Gasteiger partial charge on any atom is 0.178 e. The first-order valence-corrected chi connectivity index (χ1v) is 8.39. The van der Waals surface area contributed by atoms with Crippen LogP contribution < -0.4 is 0 Å². The van der Waals surface area contributed by atoms with Gasteiger partial charge < -0.3 is 0 Å². The van der Waals surface area contributed by atoms with Crippen molar-refractivity contribution in [3.05, 3.63) is 41.7 Å². The maximum atomic E-state index is 11.8. The van der Waals surface area contributed by atoms with Crippen molar-refractivity contribution in [2.45, 2.75) is 37.5 Å². The van der Waals surface area contributed by atoms with Gasteiger partial charge in [-0.1, -0.05) is 26.0 Å². The molecule has 1 unspecified atom stereocenters. The summed E-state index contributed by atoms with van der Waals surface area (Å²) < 4.78 is 23.6. The molecule has 0 spiro atoms. The van der Waals surface area contributed by atoms with E-state index in [2.05, 4.69) is 22.3 Å². The van der Waals surface area contributed by atoms with Crippen LogP contribution in [0.15, 0.2) is 35.4 Å². The Morgan fingerprint density at radius 1 is 1.20 bits per heavy atom. The van der Waals surface area contributed by atoms with Gasteiger partial charge in [0.05, 0.1) is 22.5 Å². The first-order chi connectivity index (χ1) is 9.56. The maximum absolute atomic E-state index is 11.8. The van der Waals surface area contributed by atoms with Gasteiger partial charge in [0.2, 0.25) is 0 Å². The highest BCUT2D eigenvalue weighted by atomic mass is 32.2. The van der Waals surface area contributed by atoms with Gasteiger partial charge in [-0.3, -0.25) is 0 Å². The molecule has 5 nitrogen and oxygen atoms in total. The lowest BCUT2D eigenvalue weighted by atomic mass is 9.92. The minimum atomic E-state index is -3.12. The molecular weight excluding hydrogens is 274 g/mol. The average molecular weight is 293 g/mol. The summed E-state index contributed by atoms with van der Waals surface area (Å²) in [5.41, 5.74) is 2.05. The Bertz CT molecular complexity index is 634. The number of rotatable bonds is 6. The van der Waals surface area contributed by atoms with Crippen LogP contribution in [0.25, 0.3) is 0 Å². The second-order valence-electron chi connectivity index (χ2n) is 4.74. The molecule has 1 heterocycles. The standard InChI is InChI=1S/C14H19N3O2S/c1-3-11(9-13-10-15-17-16-13)12-5-7-14(8-6-12)20(18,19)4-2/h5-8,10-11H,3-4,9H2,1-2H3,(H,15,16,17). The van der Waals surface area contributed by atoms with Crippen LogP contribution in [0.5, 0.6) is 0 Å². The third kappa shape index (κ3) is 3.25. The van der Waals surface area contributed by atoms with Crippen molar-refractivity contribution < 1.29 is 8.42 Å². The van der Waals surface area contributed by atoms with E-state index in [9.17, 15) is 8.42 Å². The Hall–Kier alpha value is -1.69. The fourth-order valence-corrected chi connectivity index (χ4v) is 3.07. The molecule has 20 heavy (non-hydrogen) atoms. The van der Waals surface area contributed by atoms with E-state index in [4.69, 9.17) is 0 Å². The topological polar surface area (TPSA) is 75.7 Å². The molecule has 1 aromatic carbocycles. The van der Waals surface area contributed by atoms with Gasteiger partial charge in [-0.25, -0.2) is 8.42 Å². The van der Waals surface area contributed by atoms with E-state index in [1.807, 2.05) is 12.1 Å². The molecule has 2 aromatic rings. The van der Waals surface area contributed by atoms with Crippen LogP contribution in [0.4, 0.5) is 0 Å². The lowest BCUT2D eigenvalue weighted by molar-refractivity contribution is 0.597. The molecule has 0 radical (unpaired) electrons. The molecule has 0 amide bonds. The second kappa shape index (κ2) is 6.17. The molecule has 1 atom stereocenters. The molecule has 108 valence electrons. The van der Waals surface area contributed by atoms with Crippen molar-refractivity contribution in [3.8, 4) is 0 Å². The zero-order valence-corrected chi connectivity index (χ0v) is 12.5. The van der Waals surface area contributed by atoms with Gasteiger partial charge in [0.15, 0.2) is 9.84 Å². The lowest BCUT2D eigenvalue weighted by Gasteiger charge is -2.14. The Balaban J connectivity index is 2.19. The van der Waals surface area contributed by atoms with Gasteiger partial charge in [0.25, 0.3) is 0 Å². The molecule has 0 aliphatic heterocycles. The number of benzene rings is 1. The Kier molecular flexibility index (Phi) is 4.54. The first-order valence-electron chi connectivity index (χ1n) is 6.74. The molecule has 0 saturated heterocycles. The van der Waals surface area contributed by atoms with Crippen LogP contribution in [0, 0.1) is 0 Å². The summed E-state index contributed by atoms with van der Waals surface area (Å²) in [4.78, 5) is 0.389. The van der Waals surface area contributed by atoms with Crippen molar-refractivity contribution in [3.63, 3.8) is 0 Å². The van der Waals surface area contributed by atoms with Gasteiger partial charge in [0, 0.05) is 0 Å². The Morgan fingerprint density at radius 2 is 1.90 bits per heavy atom. The molecular formula is C14H19N3O2S. The quantitative estimate of drug-likeness (QED) is 0.887. The molecule has 0 bridgehead atoms. The molecule has 6 heteroatoms. The molecule has 0 aliphatic rings. The van der Waals surface area contributed by atoms with E-state index >= 15 is 0 Å². The number of hydrogen-bond acceptors (Lipinski definition) is 4. The summed E-state index contributed by atoms with van der Waals surface area (Å²) in [5.74, 6) is 0.446. The highest BCUT2D eigenvalue weighted by Crippen LogP contribution is 2.24. The zero-order valence-electron chi connectivity index (χ0n) is 11.7. The molecule has 1 aromatic heterocycles. The number of aromatic nitrogens is 3. The van der Waals surface area contributed by atoms with Gasteiger partial charge in [0.1, 0.15) is 0 Å².